The first-order valence-corrected chi connectivity index (χ1v) is 7.92. The zero-order chi connectivity index (χ0) is 15.9. The molecule has 1 aromatic carbocycles. The summed E-state index contributed by atoms with van der Waals surface area (Å²) in [4.78, 5) is 25.6. The SMILES string of the molecule is O=C(CS)NCCc1ccc(N2CCN(C(=O)O)CC2)cc1. The van der Waals surface area contributed by atoms with Crippen LogP contribution >= 0.6 is 12.6 Å². The molecule has 2 amide bonds. The van der Waals surface area contributed by atoms with Crippen molar-refractivity contribution in [2.24, 2.45) is 0 Å². The van der Waals surface area contributed by atoms with Crippen molar-refractivity contribution in [2.75, 3.05) is 43.4 Å². The fourth-order valence-corrected chi connectivity index (χ4v) is 2.54. The molecular weight excluding hydrogens is 302 g/mol. The Morgan fingerprint density at radius 1 is 1.14 bits per heavy atom. The first-order chi connectivity index (χ1) is 10.6. The minimum absolute atomic E-state index is 0.0590. The summed E-state index contributed by atoms with van der Waals surface area (Å²) < 4.78 is 0. The molecule has 0 spiro atoms. The molecule has 120 valence electrons. The molecule has 0 atom stereocenters. The van der Waals surface area contributed by atoms with Crippen molar-refractivity contribution in [3.8, 4) is 0 Å². The summed E-state index contributed by atoms with van der Waals surface area (Å²) in [6, 6.07) is 8.19. The molecule has 1 aliphatic heterocycles. The molecule has 0 unspecified atom stereocenters. The third-order valence-electron chi connectivity index (χ3n) is 3.73. The number of carbonyl (C=O) groups excluding carboxylic acids is 1. The Bertz CT molecular complexity index is 513. The van der Waals surface area contributed by atoms with Crippen molar-refractivity contribution in [2.45, 2.75) is 6.42 Å². The number of nitrogens with zero attached hydrogens (tertiary/aromatic N) is 2. The number of carbonyl (C=O) groups is 2. The Hall–Kier alpha value is -1.89. The quantitative estimate of drug-likeness (QED) is 0.709. The van der Waals surface area contributed by atoms with Gasteiger partial charge in [0.05, 0.1) is 5.75 Å². The van der Waals surface area contributed by atoms with Gasteiger partial charge in [0.2, 0.25) is 5.91 Å². The van der Waals surface area contributed by atoms with Crippen LogP contribution in [0.2, 0.25) is 0 Å². The van der Waals surface area contributed by atoms with E-state index in [0.29, 0.717) is 32.7 Å². The van der Waals surface area contributed by atoms with Crippen LogP contribution in [0.25, 0.3) is 0 Å². The zero-order valence-electron chi connectivity index (χ0n) is 12.4. The van der Waals surface area contributed by atoms with Gasteiger partial charge in [-0.1, -0.05) is 12.1 Å². The maximum absolute atomic E-state index is 11.1. The molecule has 1 fully saturated rings. The molecule has 0 saturated carbocycles. The summed E-state index contributed by atoms with van der Waals surface area (Å²) in [5.41, 5.74) is 2.26. The van der Waals surface area contributed by atoms with E-state index in [9.17, 15) is 9.59 Å². The average Bonchev–Trinajstić information content (AvgIpc) is 2.55. The molecule has 1 heterocycles. The second-order valence-corrected chi connectivity index (χ2v) is 5.50. The predicted octanol–water partition coefficient (Wildman–Crippen LogP) is 1.08. The Labute approximate surface area is 135 Å². The van der Waals surface area contributed by atoms with Crippen molar-refractivity contribution < 1.29 is 14.7 Å². The lowest BCUT2D eigenvalue weighted by atomic mass is 10.1. The molecule has 1 aliphatic rings. The number of anilines is 1. The first kappa shape index (κ1) is 16.5. The average molecular weight is 323 g/mol. The van der Waals surface area contributed by atoms with Crippen LogP contribution in [-0.4, -0.2) is 60.5 Å². The maximum Gasteiger partial charge on any atom is 0.407 e. The second kappa shape index (κ2) is 7.93. The summed E-state index contributed by atoms with van der Waals surface area (Å²) in [7, 11) is 0. The molecule has 1 saturated heterocycles. The highest BCUT2D eigenvalue weighted by molar-refractivity contribution is 7.81. The van der Waals surface area contributed by atoms with Gasteiger partial charge in [-0.2, -0.15) is 12.6 Å². The van der Waals surface area contributed by atoms with Crippen molar-refractivity contribution in [1.29, 1.82) is 0 Å². The summed E-state index contributed by atoms with van der Waals surface area (Å²) >= 11 is 3.91. The first-order valence-electron chi connectivity index (χ1n) is 7.29. The monoisotopic (exact) mass is 323 g/mol. The third-order valence-corrected chi connectivity index (χ3v) is 4.02. The molecule has 0 bridgehead atoms. The van der Waals surface area contributed by atoms with Crippen LogP contribution in [0.3, 0.4) is 0 Å². The van der Waals surface area contributed by atoms with Crippen LogP contribution < -0.4 is 10.2 Å². The summed E-state index contributed by atoms with van der Waals surface area (Å²) in [5, 5.41) is 11.7. The Morgan fingerprint density at radius 3 is 2.32 bits per heavy atom. The molecule has 2 N–H and O–H groups in total. The topological polar surface area (TPSA) is 72.9 Å². The molecule has 2 rings (SSSR count). The smallest absolute Gasteiger partial charge is 0.407 e. The molecule has 0 radical (unpaired) electrons. The van der Waals surface area contributed by atoms with Gasteiger partial charge >= 0.3 is 6.09 Å². The van der Waals surface area contributed by atoms with Gasteiger partial charge < -0.3 is 20.2 Å². The van der Waals surface area contributed by atoms with E-state index in [1.165, 1.54) is 4.90 Å². The lowest BCUT2D eigenvalue weighted by Gasteiger charge is -2.34. The van der Waals surface area contributed by atoms with Crippen LogP contribution in [0.15, 0.2) is 24.3 Å². The van der Waals surface area contributed by atoms with Crippen LogP contribution in [0.1, 0.15) is 5.56 Å². The molecular formula is C15H21N3O3S. The Kier molecular flexibility index (Phi) is 5.94. The number of hydrogen-bond acceptors (Lipinski definition) is 4. The van der Waals surface area contributed by atoms with E-state index in [1.54, 1.807) is 0 Å². The van der Waals surface area contributed by atoms with Gasteiger partial charge in [-0.25, -0.2) is 4.79 Å². The lowest BCUT2D eigenvalue weighted by molar-refractivity contribution is -0.118. The van der Waals surface area contributed by atoms with E-state index in [0.717, 1.165) is 17.7 Å². The fourth-order valence-electron chi connectivity index (χ4n) is 2.43. The van der Waals surface area contributed by atoms with Gasteiger partial charge in [-0.05, 0) is 24.1 Å². The largest absolute Gasteiger partial charge is 0.465 e. The minimum atomic E-state index is -0.849. The number of piperazine rings is 1. The van der Waals surface area contributed by atoms with E-state index < -0.39 is 6.09 Å². The van der Waals surface area contributed by atoms with Crippen molar-refractivity contribution in [3.63, 3.8) is 0 Å². The van der Waals surface area contributed by atoms with Crippen LogP contribution in [0.4, 0.5) is 10.5 Å². The number of amides is 2. The predicted molar refractivity (Wildman–Crippen MR) is 88.8 cm³/mol. The van der Waals surface area contributed by atoms with Gasteiger partial charge in [-0.3, -0.25) is 4.79 Å². The highest BCUT2D eigenvalue weighted by Gasteiger charge is 2.20. The number of hydrogen-bond donors (Lipinski definition) is 3. The highest BCUT2D eigenvalue weighted by Crippen LogP contribution is 2.17. The van der Waals surface area contributed by atoms with Gasteiger partial charge in [0.25, 0.3) is 0 Å². The number of thiol groups is 1. The number of benzene rings is 1. The number of nitrogens with one attached hydrogen (secondary N) is 1. The van der Waals surface area contributed by atoms with E-state index in [-0.39, 0.29) is 11.7 Å². The molecule has 7 heteroatoms. The lowest BCUT2D eigenvalue weighted by Crippen LogP contribution is -2.48. The van der Waals surface area contributed by atoms with Gasteiger partial charge in [-0.15, -0.1) is 0 Å². The molecule has 0 aliphatic carbocycles. The number of rotatable bonds is 5. The molecule has 22 heavy (non-hydrogen) atoms. The zero-order valence-corrected chi connectivity index (χ0v) is 13.3. The Morgan fingerprint density at radius 2 is 1.77 bits per heavy atom. The third kappa shape index (κ3) is 4.56. The van der Waals surface area contributed by atoms with E-state index >= 15 is 0 Å². The number of carboxylic acid groups (broad SMARTS) is 1. The van der Waals surface area contributed by atoms with Crippen molar-refractivity contribution >= 4 is 30.3 Å². The summed E-state index contributed by atoms with van der Waals surface area (Å²) in [6.07, 6.45) is -0.0645. The van der Waals surface area contributed by atoms with Crippen LogP contribution in [-0.2, 0) is 11.2 Å². The standard InChI is InChI=1S/C15H21N3O3S/c19-14(11-22)16-6-5-12-1-3-13(4-2-12)17-7-9-18(10-8-17)15(20)21/h1-4,22H,5-11H2,(H,16,19)(H,20,21). The fraction of sp³-hybridized carbons (Fsp3) is 0.467. The van der Waals surface area contributed by atoms with E-state index in [1.807, 2.05) is 24.3 Å². The molecule has 1 aromatic rings. The highest BCUT2D eigenvalue weighted by atomic mass is 32.1. The van der Waals surface area contributed by atoms with E-state index in [2.05, 4.69) is 22.8 Å². The molecule has 0 aromatic heterocycles. The summed E-state index contributed by atoms with van der Waals surface area (Å²) in [6.45, 7) is 3.10. The van der Waals surface area contributed by atoms with E-state index in [4.69, 9.17) is 5.11 Å². The van der Waals surface area contributed by atoms with Crippen molar-refractivity contribution in [3.05, 3.63) is 29.8 Å². The molecule has 6 nitrogen and oxygen atoms in total. The maximum atomic E-state index is 11.1. The Balaban J connectivity index is 1.82. The summed E-state index contributed by atoms with van der Waals surface area (Å²) in [5.74, 6) is 0.151. The van der Waals surface area contributed by atoms with Crippen LogP contribution in [0.5, 0.6) is 0 Å². The minimum Gasteiger partial charge on any atom is -0.465 e. The second-order valence-electron chi connectivity index (χ2n) is 5.18. The van der Waals surface area contributed by atoms with Gasteiger partial charge in [0, 0.05) is 38.4 Å². The van der Waals surface area contributed by atoms with Crippen molar-refractivity contribution in [1.82, 2.24) is 10.2 Å². The normalized spacial score (nSPS) is 14.8. The van der Waals surface area contributed by atoms with Gasteiger partial charge in [0.15, 0.2) is 0 Å². The van der Waals surface area contributed by atoms with Crippen LogP contribution in [0, 0.1) is 0 Å². The van der Waals surface area contributed by atoms with Gasteiger partial charge in [0.1, 0.15) is 0 Å².